The summed E-state index contributed by atoms with van der Waals surface area (Å²) < 4.78 is 1.97. The van der Waals surface area contributed by atoms with E-state index in [-0.39, 0.29) is 6.04 Å². The second-order valence-electron chi connectivity index (χ2n) is 7.23. The van der Waals surface area contributed by atoms with Crippen molar-refractivity contribution in [2.75, 3.05) is 6.54 Å². The molecule has 28 heavy (non-hydrogen) atoms. The number of rotatable bonds is 5. The lowest BCUT2D eigenvalue weighted by atomic mass is 9.98. The van der Waals surface area contributed by atoms with Crippen LogP contribution in [0.3, 0.4) is 0 Å². The lowest BCUT2D eigenvalue weighted by Crippen LogP contribution is -3.12. The third-order valence-electron chi connectivity index (χ3n) is 5.48. The average Bonchev–Trinajstić information content (AvgIpc) is 3.42. The van der Waals surface area contributed by atoms with E-state index in [0.717, 1.165) is 25.3 Å². The van der Waals surface area contributed by atoms with E-state index in [9.17, 15) is 0 Å². The second-order valence-corrected chi connectivity index (χ2v) is 8.21. The minimum absolute atomic E-state index is 0.145. The van der Waals surface area contributed by atoms with E-state index in [1.54, 1.807) is 11.3 Å². The number of hydrogen-bond donors (Lipinski definition) is 1. The first kappa shape index (κ1) is 17.3. The number of thiophene rings is 1. The molecule has 1 aliphatic heterocycles. The van der Waals surface area contributed by atoms with Crippen LogP contribution in [0.4, 0.5) is 0 Å². The minimum atomic E-state index is 0.145. The molecule has 2 aromatic heterocycles. The van der Waals surface area contributed by atoms with Crippen molar-refractivity contribution >= 4 is 11.3 Å². The molecule has 1 unspecified atom stereocenters. The molecule has 0 amide bonds. The summed E-state index contributed by atoms with van der Waals surface area (Å²) in [5.74, 6) is 0.945. The summed E-state index contributed by atoms with van der Waals surface area (Å²) >= 11 is 1.79. The largest absolute Gasteiger partial charge is 0.318 e. The molecular weight excluding hydrogens is 366 g/mol. The van der Waals surface area contributed by atoms with Crippen molar-refractivity contribution < 1.29 is 4.90 Å². The number of tetrazole rings is 1. The van der Waals surface area contributed by atoms with Gasteiger partial charge in [0.15, 0.2) is 6.04 Å². The number of quaternary nitrogens is 1. The maximum absolute atomic E-state index is 4.49. The van der Waals surface area contributed by atoms with E-state index < -0.39 is 0 Å². The van der Waals surface area contributed by atoms with Crippen molar-refractivity contribution in [3.8, 4) is 0 Å². The highest BCUT2D eigenvalue weighted by Gasteiger charge is 2.34. The molecule has 0 bridgehead atoms. The number of nitrogens with one attached hydrogen (secondary N) is 1. The van der Waals surface area contributed by atoms with Gasteiger partial charge in [-0.05, 0) is 33.0 Å². The van der Waals surface area contributed by atoms with Crippen molar-refractivity contribution in [1.82, 2.24) is 20.2 Å². The summed E-state index contributed by atoms with van der Waals surface area (Å²) in [7, 11) is 0. The van der Waals surface area contributed by atoms with Crippen LogP contribution in [0.15, 0.2) is 72.1 Å². The van der Waals surface area contributed by atoms with Gasteiger partial charge in [-0.1, -0.05) is 60.7 Å². The van der Waals surface area contributed by atoms with Crippen molar-refractivity contribution in [3.63, 3.8) is 0 Å². The third kappa shape index (κ3) is 3.37. The van der Waals surface area contributed by atoms with Crippen LogP contribution in [0.2, 0.25) is 0 Å². The number of fused-ring (bicyclic) bond motifs is 1. The predicted molar refractivity (Wildman–Crippen MR) is 109 cm³/mol. The fourth-order valence-electron chi connectivity index (χ4n) is 4.10. The van der Waals surface area contributed by atoms with Gasteiger partial charge in [0.2, 0.25) is 5.82 Å². The molecule has 0 spiro atoms. The molecule has 0 fully saturated rings. The fourth-order valence-corrected chi connectivity index (χ4v) is 4.98. The van der Waals surface area contributed by atoms with Gasteiger partial charge in [-0.3, -0.25) is 0 Å². The van der Waals surface area contributed by atoms with Gasteiger partial charge in [-0.2, -0.15) is 0 Å². The maximum atomic E-state index is 4.49. The van der Waals surface area contributed by atoms with Crippen LogP contribution in [-0.4, -0.2) is 26.8 Å². The molecule has 0 aliphatic carbocycles. The molecule has 2 atom stereocenters. The van der Waals surface area contributed by atoms with E-state index in [4.69, 9.17) is 0 Å². The van der Waals surface area contributed by atoms with Crippen molar-refractivity contribution in [2.45, 2.75) is 25.6 Å². The number of benzene rings is 2. The Labute approximate surface area is 168 Å². The lowest BCUT2D eigenvalue weighted by molar-refractivity contribution is -0.941. The van der Waals surface area contributed by atoms with Crippen LogP contribution in [0, 0.1) is 0 Å². The Hall–Kier alpha value is -2.83. The molecule has 1 N–H and O–H groups in total. The molecule has 140 valence electrons. The summed E-state index contributed by atoms with van der Waals surface area (Å²) in [5, 5.41) is 15.0. The zero-order valence-corrected chi connectivity index (χ0v) is 16.3. The summed E-state index contributed by atoms with van der Waals surface area (Å²) in [6.45, 7) is 2.77. The molecule has 4 aromatic rings. The number of nitrogens with zero attached hydrogens (tertiary/aromatic N) is 4. The van der Waals surface area contributed by atoms with E-state index in [1.165, 1.54) is 26.5 Å². The van der Waals surface area contributed by atoms with Crippen LogP contribution >= 0.6 is 11.3 Å². The number of hydrogen-bond acceptors (Lipinski definition) is 4. The zero-order valence-electron chi connectivity index (χ0n) is 15.5. The highest BCUT2D eigenvalue weighted by Crippen LogP contribution is 2.24. The Morgan fingerprint density at radius 1 is 0.964 bits per heavy atom. The molecule has 2 aromatic carbocycles. The molecule has 0 radical (unpaired) electrons. The third-order valence-corrected chi connectivity index (χ3v) is 6.42. The standard InChI is InChI=1S/C22H21N5S/c1-2-7-17(8-3-1)15-27-22(23-24-25-27)21(20-11-6-14-28-20)26-13-12-18-9-4-5-10-19(18)16-26/h1-11,14,21H,12-13,15-16H2/p+1/t21-/m1/s1. The zero-order chi connectivity index (χ0) is 18.8. The molecular formula is C22H22N5S+. The Bertz CT molecular complexity index is 1040. The van der Waals surface area contributed by atoms with Crippen LogP contribution < -0.4 is 4.90 Å². The van der Waals surface area contributed by atoms with Gasteiger partial charge in [-0.15, -0.1) is 16.4 Å². The molecule has 0 saturated carbocycles. The van der Waals surface area contributed by atoms with Gasteiger partial charge >= 0.3 is 0 Å². The predicted octanol–water partition coefficient (Wildman–Crippen LogP) is 2.51. The Morgan fingerprint density at radius 2 is 1.79 bits per heavy atom. The van der Waals surface area contributed by atoms with Crippen molar-refractivity contribution in [3.05, 3.63) is 99.5 Å². The lowest BCUT2D eigenvalue weighted by Gasteiger charge is -2.31. The molecule has 5 nitrogen and oxygen atoms in total. The van der Waals surface area contributed by atoms with Gasteiger partial charge in [0, 0.05) is 12.0 Å². The van der Waals surface area contributed by atoms with Gasteiger partial charge in [-0.25, -0.2) is 4.68 Å². The first-order valence-corrected chi connectivity index (χ1v) is 10.5. The van der Waals surface area contributed by atoms with Crippen LogP contribution in [0.5, 0.6) is 0 Å². The highest BCUT2D eigenvalue weighted by atomic mass is 32.1. The monoisotopic (exact) mass is 388 g/mol. The van der Waals surface area contributed by atoms with Gasteiger partial charge in [0.25, 0.3) is 0 Å². The summed E-state index contributed by atoms with van der Waals surface area (Å²) in [4.78, 5) is 2.82. The first-order valence-electron chi connectivity index (χ1n) is 9.63. The molecule has 5 rings (SSSR count). The van der Waals surface area contributed by atoms with E-state index in [1.807, 2.05) is 10.7 Å². The first-order chi connectivity index (χ1) is 13.9. The van der Waals surface area contributed by atoms with Crippen LogP contribution in [-0.2, 0) is 19.5 Å². The summed E-state index contributed by atoms with van der Waals surface area (Å²) in [5.41, 5.74) is 4.12. The maximum Gasteiger partial charge on any atom is 0.215 e. The van der Waals surface area contributed by atoms with E-state index >= 15 is 0 Å². The van der Waals surface area contributed by atoms with Gasteiger partial charge < -0.3 is 4.90 Å². The molecule has 0 saturated heterocycles. The number of aromatic nitrogens is 4. The van der Waals surface area contributed by atoms with Gasteiger partial charge in [0.05, 0.1) is 18.0 Å². The van der Waals surface area contributed by atoms with Crippen molar-refractivity contribution in [2.24, 2.45) is 0 Å². The summed E-state index contributed by atoms with van der Waals surface area (Å²) in [6, 6.07) is 23.7. The molecule has 1 aliphatic rings. The summed E-state index contributed by atoms with van der Waals surface area (Å²) in [6.07, 6.45) is 1.09. The smallest absolute Gasteiger partial charge is 0.215 e. The normalized spacial score (nSPS) is 17.2. The van der Waals surface area contributed by atoms with E-state index in [2.05, 4.69) is 81.6 Å². The van der Waals surface area contributed by atoms with Crippen LogP contribution in [0.25, 0.3) is 0 Å². The topological polar surface area (TPSA) is 48.0 Å². The van der Waals surface area contributed by atoms with Crippen molar-refractivity contribution in [1.29, 1.82) is 0 Å². The highest BCUT2D eigenvalue weighted by molar-refractivity contribution is 7.10. The van der Waals surface area contributed by atoms with E-state index in [0.29, 0.717) is 6.54 Å². The molecule has 6 heteroatoms. The minimum Gasteiger partial charge on any atom is -0.318 e. The average molecular weight is 389 g/mol. The SMILES string of the molecule is c1ccc(Cn2nnnc2[C@@H](c2cccs2)[NH+]2CCc3ccccc3C2)cc1. The van der Waals surface area contributed by atoms with Crippen LogP contribution in [0.1, 0.15) is 33.4 Å². The molecule has 3 heterocycles. The quantitative estimate of drug-likeness (QED) is 0.572. The Balaban J connectivity index is 1.50. The fraction of sp³-hybridized carbons (Fsp3) is 0.227. The Kier molecular flexibility index (Phi) is 4.72. The second kappa shape index (κ2) is 7.66. The van der Waals surface area contributed by atoms with Gasteiger partial charge in [0.1, 0.15) is 6.54 Å². The Morgan fingerprint density at radius 3 is 2.61 bits per heavy atom.